The summed E-state index contributed by atoms with van der Waals surface area (Å²) in [5, 5.41) is 11.2. The van der Waals surface area contributed by atoms with Crippen LogP contribution in [0.3, 0.4) is 0 Å². The molecule has 0 unspecified atom stereocenters. The van der Waals surface area contributed by atoms with Crippen molar-refractivity contribution in [2.24, 2.45) is 16.9 Å². The van der Waals surface area contributed by atoms with Crippen molar-refractivity contribution < 1.29 is 4.79 Å². The second kappa shape index (κ2) is 7.96. The van der Waals surface area contributed by atoms with Crippen LogP contribution >= 0.6 is 22.7 Å². The number of nitrogens with zero attached hydrogens (tertiary/aromatic N) is 2. The number of allylic oxidation sites excluding steroid dienone is 1. The van der Waals surface area contributed by atoms with E-state index in [1.54, 1.807) is 22.7 Å². The predicted molar refractivity (Wildman–Crippen MR) is 118 cm³/mol. The lowest BCUT2D eigenvalue weighted by molar-refractivity contribution is -0.139. The van der Waals surface area contributed by atoms with E-state index in [0.29, 0.717) is 5.92 Å². The molecule has 0 saturated heterocycles. The molecule has 1 amide bonds. The molecule has 28 heavy (non-hydrogen) atoms. The number of rotatable bonds is 3. The zero-order valence-corrected chi connectivity index (χ0v) is 17.7. The van der Waals surface area contributed by atoms with Crippen molar-refractivity contribution in [2.75, 3.05) is 0 Å². The Morgan fingerprint density at radius 1 is 1.04 bits per heavy atom. The average Bonchev–Trinajstić information content (AvgIpc) is 3.48. The molecule has 3 heterocycles. The molecular formula is C23H26N2OS2. The molecule has 2 aromatic heterocycles. The van der Waals surface area contributed by atoms with E-state index in [9.17, 15) is 4.79 Å². The number of hydrogen-bond donors (Lipinski definition) is 0. The fraction of sp³-hybridized carbons (Fsp3) is 0.478. The Hall–Kier alpha value is -1.72. The third-order valence-electron chi connectivity index (χ3n) is 6.38. The van der Waals surface area contributed by atoms with Crippen molar-refractivity contribution in [3.8, 4) is 0 Å². The lowest BCUT2D eigenvalue weighted by atomic mass is 9.79. The number of thiophene rings is 2. The molecular weight excluding hydrogens is 384 g/mol. The molecule has 146 valence electrons. The number of carbonyl (C=O) groups is 1. The summed E-state index contributed by atoms with van der Waals surface area (Å²) in [5.41, 5.74) is 2.50. The van der Waals surface area contributed by atoms with Gasteiger partial charge in [-0.3, -0.25) is 4.79 Å². The molecule has 2 saturated carbocycles. The number of hydrogen-bond acceptors (Lipinski definition) is 4. The molecule has 0 bridgehead atoms. The summed E-state index contributed by atoms with van der Waals surface area (Å²) in [6.45, 7) is 0. The monoisotopic (exact) mass is 410 g/mol. The molecule has 0 N–H and O–H groups in total. The Kier molecular flexibility index (Phi) is 5.20. The van der Waals surface area contributed by atoms with Crippen LogP contribution in [-0.2, 0) is 4.79 Å². The van der Waals surface area contributed by atoms with Gasteiger partial charge in [0.05, 0.1) is 11.8 Å². The van der Waals surface area contributed by atoms with Gasteiger partial charge in [0.25, 0.3) is 0 Å². The van der Waals surface area contributed by atoms with Crippen LogP contribution in [0.1, 0.15) is 67.2 Å². The van der Waals surface area contributed by atoms with Gasteiger partial charge in [-0.2, -0.15) is 5.10 Å². The van der Waals surface area contributed by atoms with Gasteiger partial charge in [0.1, 0.15) is 0 Å². The van der Waals surface area contributed by atoms with Crippen molar-refractivity contribution in [1.82, 2.24) is 5.01 Å². The van der Waals surface area contributed by atoms with Crippen molar-refractivity contribution in [1.29, 1.82) is 0 Å². The molecule has 5 heteroatoms. The number of hydrazone groups is 1. The zero-order chi connectivity index (χ0) is 18.9. The highest BCUT2D eigenvalue weighted by Gasteiger charge is 2.45. The second-order valence-electron chi connectivity index (χ2n) is 8.15. The van der Waals surface area contributed by atoms with Crippen molar-refractivity contribution in [3.63, 3.8) is 0 Å². The molecule has 2 aliphatic carbocycles. The van der Waals surface area contributed by atoms with Crippen LogP contribution in [0.15, 0.2) is 45.7 Å². The second-order valence-corrected chi connectivity index (χ2v) is 10.1. The van der Waals surface area contributed by atoms with Gasteiger partial charge in [-0.15, -0.1) is 22.7 Å². The van der Waals surface area contributed by atoms with Crippen LogP contribution in [-0.4, -0.2) is 16.6 Å². The van der Waals surface area contributed by atoms with Crippen LogP contribution < -0.4 is 0 Å². The lowest BCUT2D eigenvalue weighted by Crippen LogP contribution is -2.36. The summed E-state index contributed by atoms with van der Waals surface area (Å²) in [7, 11) is 0. The average molecular weight is 411 g/mol. The molecule has 0 spiro atoms. The first-order valence-corrected chi connectivity index (χ1v) is 12.3. The maximum absolute atomic E-state index is 13.5. The molecule has 2 aromatic rings. The minimum atomic E-state index is 0.0939. The maximum Gasteiger partial charge on any atom is 0.246 e. The van der Waals surface area contributed by atoms with Gasteiger partial charge >= 0.3 is 0 Å². The Balaban J connectivity index is 1.51. The first-order chi connectivity index (χ1) is 13.8. The van der Waals surface area contributed by atoms with Crippen molar-refractivity contribution in [3.05, 3.63) is 50.4 Å². The van der Waals surface area contributed by atoms with E-state index in [1.165, 1.54) is 46.7 Å². The van der Waals surface area contributed by atoms with E-state index in [1.807, 2.05) is 5.01 Å². The summed E-state index contributed by atoms with van der Waals surface area (Å²) in [4.78, 5) is 16.0. The minimum Gasteiger partial charge on any atom is -0.273 e. The predicted octanol–water partition coefficient (Wildman–Crippen LogP) is 6.51. The Morgan fingerprint density at radius 2 is 1.86 bits per heavy atom. The fourth-order valence-corrected chi connectivity index (χ4v) is 6.56. The van der Waals surface area contributed by atoms with E-state index < -0.39 is 0 Å². The van der Waals surface area contributed by atoms with Crippen molar-refractivity contribution >= 4 is 40.4 Å². The highest BCUT2D eigenvalue weighted by atomic mass is 32.1. The van der Waals surface area contributed by atoms with Gasteiger partial charge in [-0.05, 0) is 66.6 Å². The van der Waals surface area contributed by atoms with Crippen molar-refractivity contribution in [2.45, 2.75) is 57.4 Å². The van der Waals surface area contributed by atoms with Gasteiger partial charge in [0.15, 0.2) is 0 Å². The standard InChI is InChI=1S/C23H26N2OS2/c26-23(16-7-2-1-3-8-16)25-22(20-12-6-14-28-20)19-11-4-9-17(21(19)24-25)15-18-10-5-13-27-18/h5-6,10,12-16,19,22H,1-4,7-9,11H2/b17-15+/t19-,22+/m1/s1. The van der Waals surface area contributed by atoms with E-state index >= 15 is 0 Å². The Bertz CT molecular complexity index is 876. The van der Waals surface area contributed by atoms with Gasteiger partial charge in [-0.25, -0.2) is 5.01 Å². The van der Waals surface area contributed by atoms with Gasteiger partial charge in [0.2, 0.25) is 5.91 Å². The Morgan fingerprint density at radius 3 is 2.61 bits per heavy atom. The third kappa shape index (κ3) is 3.39. The van der Waals surface area contributed by atoms with Gasteiger partial charge in [0, 0.05) is 21.6 Å². The number of amides is 1. The molecule has 1 aliphatic heterocycles. The normalized spacial score (nSPS) is 27.1. The maximum atomic E-state index is 13.5. The van der Waals surface area contributed by atoms with Gasteiger partial charge in [-0.1, -0.05) is 31.4 Å². The zero-order valence-electron chi connectivity index (χ0n) is 16.0. The van der Waals surface area contributed by atoms with Gasteiger partial charge < -0.3 is 0 Å². The number of carbonyl (C=O) groups excluding carboxylic acids is 1. The molecule has 3 nitrogen and oxygen atoms in total. The highest BCUT2D eigenvalue weighted by Crippen LogP contribution is 2.46. The number of fused-ring (bicyclic) bond motifs is 1. The summed E-state index contributed by atoms with van der Waals surface area (Å²) in [6, 6.07) is 8.65. The highest BCUT2D eigenvalue weighted by molar-refractivity contribution is 7.11. The first-order valence-electron chi connectivity index (χ1n) is 10.5. The first kappa shape index (κ1) is 18.3. The SMILES string of the molecule is O=C(C1CCCCC1)N1N=C2/C(=C/c3cccs3)CCC[C@H]2[C@H]1c1cccs1. The topological polar surface area (TPSA) is 32.7 Å². The molecule has 0 aromatic carbocycles. The lowest BCUT2D eigenvalue weighted by Gasteiger charge is -2.31. The Labute approximate surface area is 174 Å². The van der Waals surface area contributed by atoms with Crippen LogP contribution in [0.2, 0.25) is 0 Å². The molecule has 0 radical (unpaired) electrons. The van der Waals surface area contributed by atoms with Crippen LogP contribution in [0, 0.1) is 11.8 Å². The fourth-order valence-electron chi connectivity index (χ4n) is 5.00. The van der Waals surface area contributed by atoms with Crippen LogP contribution in [0.4, 0.5) is 0 Å². The molecule has 3 aliphatic rings. The van der Waals surface area contributed by atoms with E-state index in [0.717, 1.165) is 25.7 Å². The third-order valence-corrected chi connectivity index (χ3v) is 8.14. The molecule has 2 fully saturated rings. The summed E-state index contributed by atoms with van der Waals surface area (Å²) >= 11 is 3.53. The summed E-state index contributed by atoms with van der Waals surface area (Å²) in [5.74, 6) is 0.757. The minimum absolute atomic E-state index is 0.0939. The summed E-state index contributed by atoms with van der Waals surface area (Å²) < 4.78 is 0. The quantitative estimate of drug-likeness (QED) is 0.567. The van der Waals surface area contributed by atoms with Crippen LogP contribution in [0.5, 0.6) is 0 Å². The van der Waals surface area contributed by atoms with E-state index in [-0.39, 0.29) is 17.9 Å². The molecule has 5 rings (SSSR count). The van der Waals surface area contributed by atoms with Crippen LogP contribution in [0.25, 0.3) is 6.08 Å². The summed E-state index contributed by atoms with van der Waals surface area (Å²) in [6.07, 6.45) is 11.3. The largest absolute Gasteiger partial charge is 0.273 e. The van der Waals surface area contributed by atoms with E-state index in [4.69, 9.17) is 5.10 Å². The molecule has 2 atom stereocenters. The smallest absolute Gasteiger partial charge is 0.246 e. The van der Waals surface area contributed by atoms with E-state index in [2.05, 4.69) is 41.1 Å².